The molecular weight excluding hydrogens is 441 g/mol. The number of nitrogens with zero attached hydrogens (tertiary/aromatic N) is 8. The second kappa shape index (κ2) is 7.54. The fraction of sp³-hybridized carbons (Fsp3) is 0.227. The van der Waals surface area contributed by atoms with Crippen LogP contribution >= 0.6 is 0 Å². The van der Waals surface area contributed by atoms with Gasteiger partial charge in [0.2, 0.25) is 17.5 Å². The molecule has 34 heavy (non-hydrogen) atoms. The van der Waals surface area contributed by atoms with Crippen LogP contribution in [0.3, 0.4) is 0 Å². The number of fused-ring (bicyclic) bond motifs is 1. The molecule has 1 fully saturated rings. The summed E-state index contributed by atoms with van der Waals surface area (Å²) in [5.41, 5.74) is 3.81. The first-order valence-corrected chi connectivity index (χ1v) is 10.6. The Kier molecular flexibility index (Phi) is 4.47. The van der Waals surface area contributed by atoms with Crippen LogP contribution in [0.1, 0.15) is 34.2 Å². The predicted octanol–water partition coefficient (Wildman–Crippen LogP) is 2.96. The number of amides is 1. The van der Waals surface area contributed by atoms with Gasteiger partial charge in [-0.25, -0.2) is 8.91 Å². The standard InChI is InChI=1S/C22H18FN9O2/c1-11-3-4-12(19-26-22(34-29-19)14-9-16(14)23)7-17(11)25-21(33)15-10-24-32-6-5-13(8-18(15)32)20-27-30-31(2)28-20/h3-8,10,14,16H,9H2,1-2H3,(H,25,33)/t14-,16-/m0/s1. The number of carbonyl (C=O) groups is 1. The molecule has 170 valence electrons. The molecule has 1 aromatic carbocycles. The minimum absolute atomic E-state index is 0.299. The van der Waals surface area contributed by atoms with Gasteiger partial charge in [0.1, 0.15) is 6.17 Å². The Morgan fingerprint density at radius 2 is 2.03 bits per heavy atom. The van der Waals surface area contributed by atoms with E-state index in [1.165, 1.54) is 11.0 Å². The number of tetrazole rings is 1. The van der Waals surface area contributed by atoms with E-state index in [9.17, 15) is 9.18 Å². The largest absolute Gasteiger partial charge is 0.339 e. The summed E-state index contributed by atoms with van der Waals surface area (Å²) in [6.45, 7) is 1.88. The molecule has 1 amide bonds. The van der Waals surface area contributed by atoms with Crippen LogP contribution in [0.5, 0.6) is 0 Å². The molecule has 4 heterocycles. The smallest absolute Gasteiger partial charge is 0.259 e. The van der Waals surface area contributed by atoms with Crippen LogP contribution in [0.4, 0.5) is 10.1 Å². The summed E-state index contributed by atoms with van der Waals surface area (Å²) in [5, 5.41) is 23.3. The number of hydrogen-bond donors (Lipinski definition) is 1. The van der Waals surface area contributed by atoms with Crippen molar-refractivity contribution in [3.8, 4) is 22.8 Å². The predicted molar refractivity (Wildman–Crippen MR) is 118 cm³/mol. The van der Waals surface area contributed by atoms with Crippen molar-refractivity contribution in [1.82, 2.24) is 40.0 Å². The Morgan fingerprint density at radius 1 is 1.21 bits per heavy atom. The molecule has 6 rings (SSSR count). The summed E-state index contributed by atoms with van der Waals surface area (Å²) < 4.78 is 20.1. The normalized spacial score (nSPS) is 17.3. The van der Waals surface area contributed by atoms with Gasteiger partial charge in [0.15, 0.2) is 0 Å². The van der Waals surface area contributed by atoms with Gasteiger partial charge in [-0.2, -0.15) is 14.9 Å². The lowest BCUT2D eigenvalue weighted by molar-refractivity contribution is 0.102. The van der Waals surface area contributed by atoms with Crippen molar-refractivity contribution < 1.29 is 13.7 Å². The Labute approximate surface area is 191 Å². The van der Waals surface area contributed by atoms with E-state index in [1.54, 1.807) is 36.0 Å². The first-order chi connectivity index (χ1) is 16.5. The SMILES string of the molecule is Cc1ccc(-c2noc([C@H]3C[C@@H]3F)n2)cc1NC(=O)c1cnn2ccc(-c3nnn(C)n3)cc12. The maximum Gasteiger partial charge on any atom is 0.259 e. The average molecular weight is 459 g/mol. The second-order valence-corrected chi connectivity index (χ2v) is 8.20. The van der Waals surface area contributed by atoms with E-state index in [4.69, 9.17) is 4.52 Å². The second-order valence-electron chi connectivity index (χ2n) is 8.20. The van der Waals surface area contributed by atoms with E-state index in [0.717, 1.165) is 5.56 Å². The number of alkyl halides is 1. The molecule has 0 bridgehead atoms. The van der Waals surface area contributed by atoms with E-state index < -0.39 is 6.17 Å². The lowest BCUT2D eigenvalue weighted by atomic mass is 10.1. The van der Waals surface area contributed by atoms with Gasteiger partial charge in [-0.15, -0.1) is 10.2 Å². The lowest BCUT2D eigenvalue weighted by Crippen LogP contribution is -2.12. The number of benzene rings is 1. The van der Waals surface area contributed by atoms with Gasteiger partial charge in [-0.05, 0) is 42.3 Å². The van der Waals surface area contributed by atoms with Crippen molar-refractivity contribution in [3.05, 3.63) is 59.7 Å². The maximum atomic E-state index is 13.3. The van der Waals surface area contributed by atoms with Crippen LogP contribution in [0.2, 0.25) is 0 Å². The highest BCUT2D eigenvalue weighted by molar-refractivity contribution is 6.09. The van der Waals surface area contributed by atoms with Crippen molar-refractivity contribution in [2.24, 2.45) is 7.05 Å². The fourth-order valence-corrected chi connectivity index (χ4v) is 3.70. The van der Waals surface area contributed by atoms with Crippen molar-refractivity contribution in [3.63, 3.8) is 0 Å². The molecule has 0 spiro atoms. The number of nitrogens with one attached hydrogen (secondary N) is 1. The molecule has 0 aliphatic heterocycles. The molecule has 2 atom stereocenters. The summed E-state index contributed by atoms with van der Waals surface area (Å²) in [7, 11) is 1.68. The van der Waals surface area contributed by atoms with Crippen LogP contribution in [0.15, 0.2) is 47.2 Å². The summed E-state index contributed by atoms with van der Waals surface area (Å²) >= 11 is 0. The third-order valence-electron chi connectivity index (χ3n) is 5.75. The lowest BCUT2D eigenvalue weighted by Gasteiger charge is -2.09. The molecule has 0 unspecified atom stereocenters. The topological polar surface area (TPSA) is 129 Å². The molecule has 11 nitrogen and oxygen atoms in total. The summed E-state index contributed by atoms with van der Waals surface area (Å²) in [4.78, 5) is 18.9. The van der Waals surface area contributed by atoms with Gasteiger partial charge < -0.3 is 9.84 Å². The highest BCUT2D eigenvalue weighted by Crippen LogP contribution is 2.43. The van der Waals surface area contributed by atoms with Gasteiger partial charge in [0.05, 0.1) is 30.2 Å². The molecule has 1 aliphatic rings. The number of pyridine rings is 1. The first-order valence-electron chi connectivity index (χ1n) is 10.6. The zero-order valence-electron chi connectivity index (χ0n) is 18.2. The van der Waals surface area contributed by atoms with Crippen LogP contribution in [-0.2, 0) is 7.05 Å². The fourth-order valence-electron chi connectivity index (χ4n) is 3.70. The van der Waals surface area contributed by atoms with Gasteiger partial charge in [0, 0.05) is 23.0 Å². The van der Waals surface area contributed by atoms with Gasteiger partial charge in [-0.3, -0.25) is 4.79 Å². The van der Waals surface area contributed by atoms with Crippen molar-refractivity contribution in [2.45, 2.75) is 25.4 Å². The number of halogens is 1. The Balaban J connectivity index is 1.29. The number of rotatable bonds is 5. The quantitative estimate of drug-likeness (QED) is 0.425. The summed E-state index contributed by atoms with van der Waals surface area (Å²) in [6, 6.07) is 9.04. The van der Waals surface area contributed by atoms with Crippen LogP contribution in [0.25, 0.3) is 28.3 Å². The highest BCUT2D eigenvalue weighted by Gasteiger charge is 2.43. The third kappa shape index (κ3) is 3.49. The molecule has 1 saturated carbocycles. The molecule has 0 radical (unpaired) electrons. The van der Waals surface area contributed by atoms with E-state index in [-0.39, 0.29) is 11.8 Å². The van der Waals surface area contributed by atoms with Gasteiger partial charge in [0.25, 0.3) is 5.91 Å². The Morgan fingerprint density at radius 3 is 2.79 bits per heavy atom. The zero-order chi connectivity index (χ0) is 23.4. The van der Waals surface area contributed by atoms with Crippen molar-refractivity contribution in [1.29, 1.82) is 0 Å². The minimum atomic E-state index is -0.919. The Bertz CT molecular complexity index is 1550. The minimum Gasteiger partial charge on any atom is -0.339 e. The molecule has 1 aliphatic carbocycles. The van der Waals surface area contributed by atoms with Crippen molar-refractivity contribution >= 4 is 17.1 Å². The third-order valence-corrected chi connectivity index (χ3v) is 5.75. The monoisotopic (exact) mass is 459 g/mol. The number of anilines is 1. The van der Waals surface area contributed by atoms with E-state index in [2.05, 4.69) is 36.0 Å². The first kappa shape index (κ1) is 20.1. The number of carbonyl (C=O) groups excluding carboxylic acids is 1. The number of aromatic nitrogens is 8. The van der Waals surface area contributed by atoms with Gasteiger partial charge >= 0.3 is 0 Å². The van der Waals surface area contributed by atoms with Gasteiger partial charge in [-0.1, -0.05) is 17.3 Å². The molecule has 5 aromatic rings. The molecule has 4 aromatic heterocycles. The molecular formula is C22H18FN9O2. The maximum absolute atomic E-state index is 13.3. The van der Waals surface area contributed by atoms with E-state index >= 15 is 0 Å². The van der Waals surface area contributed by atoms with Crippen LogP contribution < -0.4 is 5.32 Å². The van der Waals surface area contributed by atoms with Crippen molar-refractivity contribution in [2.75, 3.05) is 5.32 Å². The molecule has 12 heteroatoms. The highest BCUT2D eigenvalue weighted by atomic mass is 19.1. The molecule has 1 N–H and O–H groups in total. The summed E-state index contributed by atoms with van der Waals surface area (Å²) in [5.74, 6) is 0.455. The number of hydrogen-bond acceptors (Lipinski definition) is 8. The van der Waals surface area contributed by atoms with Crippen LogP contribution in [-0.4, -0.2) is 52.0 Å². The molecule has 0 saturated heterocycles. The zero-order valence-corrected chi connectivity index (χ0v) is 18.2. The van der Waals surface area contributed by atoms with E-state index in [0.29, 0.717) is 51.9 Å². The number of aryl methyl sites for hydroxylation is 2. The Hall–Kier alpha value is -4.48. The van der Waals surface area contributed by atoms with Crippen LogP contribution in [0, 0.1) is 6.92 Å². The average Bonchev–Trinajstić information content (AvgIpc) is 3.25. The van der Waals surface area contributed by atoms with E-state index in [1.807, 2.05) is 19.1 Å². The summed E-state index contributed by atoms with van der Waals surface area (Å²) in [6.07, 6.45) is 2.73.